The summed E-state index contributed by atoms with van der Waals surface area (Å²) in [5, 5.41) is 28.0. The third kappa shape index (κ3) is 9.30. The number of hydrogen-bond acceptors (Lipinski definition) is 4. The Labute approximate surface area is 204 Å². The van der Waals surface area contributed by atoms with Gasteiger partial charge >= 0.3 is 0 Å². The van der Waals surface area contributed by atoms with Gasteiger partial charge in [0.15, 0.2) is 0 Å². The molecular formula is C30H38O4. The van der Waals surface area contributed by atoms with Crippen molar-refractivity contribution in [1.82, 2.24) is 0 Å². The van der Waals surface area contributed by atoms with Crippen LogP contribution in [0.5, 0.6) is 0 Å². The first-order valence-corrected chi connectivity index (χ1v) is 10.9. The minimum atomic E-state index is 0.266. The molecule has 182 valence electrons. The fourth-order valence-corrected chi connectivity index (χ4v) is 3.80. The predicted octanol–water partition coefficient (Wildman–Crippen LogP) is 5.08. The summed E-state index contributed by atoms with van der Waals surface area (Å²) in [5.41, 5.74) is 5.38. The van der Waals surface area contributed by atoms with E-state index in [0.29, 0.717) is 0 Å². The van der Waals surface area contributed by atoms with E-state index < -0.39 is 0 Å². The van der Waals surface area contributed by atoms with Crippen LogP contribution < -0.4 is 0 Å². The van der Waals surface area contributed by atoms with Crippen LogP contribution in [0.4, 0.5) is 0 Å². The van der Waals surface area contributed by atoms with Crippen molar-refractivity contribution in [3.63, 3.8) is 0 Å². The average Bonchev–Trinajstić information content (AvgIpc) is 2.98. The van der Waals surface area contributed by atoms with E-state index in [-0.39, 0.29) is 11.8 Å². The van der Waals surface area contributed by atoms with Gasteiger partial charge < -0.3 is 20.4 Å². The summed E-state index contributed by atoms with van der Waals surface area (Å²) < 4.78 is 0. The molecule has 0 aromatic heterocycles. The normalized spacial score (nSPS) is 9.12. The minimum absolute atomic E-state index is 0.266. The molecule has 0 bridgehead atoms. The second kappa shape index (κ2) is 20.3. The van der Waals surface area contributed by atoms with Gasteiger partial charge in [-0.3, -0.25) is 0 Å². The lowest BCUT2D eigenvalue weighted by Gasteiger charge is -2.29. The SMILES string of the molecule is CO.CO.CO.CO.c1ccc(C(c2ccccc2)C(c2ccccc2)c2ccccc2)cc1. The molecule has 4 aromatic carbocycles. The topological polar surface area (TPSA) is 80.9 Å². The van der Waals surface area contributed by atoms with Crippen LogP contribution in [-0.2, 0) is 0 Å². The first-order valence-electron chi connectivity index (χ1n) is 10.9. The van der Waals surface area contributed by atoms with Crippen molar-refractivity contribution in [3.05, 3.63) is 144 Å². The highest BCUT2D eigenvalue weighted by atomic mass is 16.2. The molecule has 4 heteroatoms. The van der Waals surface area contributed by atoms with Crippen LogP contribution in [0.3, 0.4) is 0 Å². The van der Waals surface area contributed by atoms with Crippen molar-refractivity contribution >= 4 is 0 Å². The van der Waals surface area contributed by atoms with E-state index in [9.17, 15) is 0 Å². The molecule has 34 heavy (non-hydrogen) atoms. The second-order valence-corrected chi connectivity index (χ2v) is 6.60. The van der Waals surface area contributed by atoms with Gasteiger partial charge in [-0.2, -0.15) is 0 Å². The molecule has 0 aliphatic rings. The van der Waals surface area contributed by atoms with Crippen molar-refractivity contribution in [2.75, 3.05) is 28.4 Å². The van der Waals surface area contributed by atoms with Crippen molar-refractivity contribution in [3.8, 4) is 0 Å². The van der Waals surface area contributed by atoms with Gasteiger partial charge in [-0.05, 0) is 22.3 Å². The first kappa shape index (κ1) is 30.7. The zero-order valence-corrected chi connectivity index (χ0v) is 20.5. The van der Waals surface area contributed by atoms with Crippen LogP contribution in [0.15, 0.2) is 121 Å². The minimum Gasteiger partial charge on any atom is -0.400 e. The third-order valence-corrected chi connectivity index (χ3v) is 4.97. The van der Waals surface area contributed by atoms with E-state index >= 15 is 0 Å². The molecular weight excluding hydrogens is 424 g/mol. The predicted molar refractivity (Wildman–Crippen MR) is 142 cm³/mol. The molecule has 4 N–H and O–H groups in total. The van der Waals surface area contributed by atoms with E-state index in [4.69, 9.17) is 20.4 Å². The second-order valence-electron chi connectivity index (χ2n) is 6.60. The molecule has 0 saturated carbocycles. The third-order valence-electron chi connectivity index (χ3n) is 4.97. The number of rotatable bonds is 5. The molecule has 0 fully saturated rings. The van der Waals surface area contributed by atoms with Crippen molar-refractivity contribution in [2.24, 2.45) is 0 Å². The molecule has 4 rings (SSSR count). The Balaban J connectivity index is 0.00000124. The van der Waals surface area contributed by atoms with E-state index in [0.717, 1.165) is 28.4 Å². The number of aliphatic hydroxyl groups is 4. The molecule has 0 radical (unpaired) electrons. The van der Waals surface area contributed by atoms with Crippen LogP contribution in [-0.4, -0.2) is 48.9 Å². The average molecular weight is 463 g/mol. The van der Waals surface area contributed by atoms with Gasteiger partial charge in [0, 0.05) is 40.3 Å². The Hall–Kier alpha value is -3.28. The molecule has 0 saturated heterocycles. The summed E-state index contributed by atoms with van der Waals surface area (Å²) in [7, 11) is 4.00. The van der Waals surface area contributed by atoms with Gasteiger partial charge in [0.1, 0.15) is 0 Å². The smallest absolute Gasteiger partial charge is 0.0319 e. The van der Waals surface area contributed by atoms with E-state index in [1.807, 2.05) is 0 Å². The molecule has 0 atom stereocenters. The lowest BCUT2D eigenvalue weighted by Crippen LogP contribution is -2.14. The van der Waals surface area contributed by atoms with Crippen LogP contribution in [0.2, 0.25) is 0 Å². The first-order chi connectivity index (χ1) is 16.9. The van der Waals surface area contributed by atoms with Crippen molar-refractivity contribution in [1.29, 1.82) is 0 Å². The maximum Gasteiger partial charge on any atom is 0.0319 e. The van der Waals surface area contributed by atoms with Gasteiger partial charge in [-0.15, -0.1) is 0 Å². The van der Waals surface area contributed by atoms with E-state index in [1.54, 1.807) is 0 Å². The monoisotopic (exact) mass is 462 g/mol. The van der Waals surface area contributed by atoms with E-state index in [1.165, 1.54) is 22.3 Å². The van der Waals surface area contributed by atoms with E-state index in [2.05, 4.69) is 121 Å². The maximum atomic E-state index is 7.00. The molecule has 0 unspecified atom stereocenters. The molecule has 0 heterocycles. The highest BCUT2D eigenvalue weighted by molar-refractivity contribution is 5.44. The highest BCUT2D eigenvalue weighted by Gasteiger charge is 2.27. The van der Waals surface area contributed by atoms with Crippen LogP contribution >= 0.6 is 0 Å². The molecule has 0 aliphatic heterocycles. The summed E-state index contributed by atoms with van der Waals surface area (Å²) in [4.78, 5) is 0. The Kier molecular flexibility index (Phi) is 18.4. The lowest BCUT2D eigenvalue weighted by atomic mass is 9.74. The zero-order valence-electron chi connectivity index (χ0n) is 20.5. The number of hydrogen-bond donors (Lipinski definition) is 4. The maximum absolute atomic E-state index is 7.00. The summed E-state index contributed by atoms with van der Waals surface area (Å²) in [6, 6.07) is 43.4. The standard InChI is InChI=1S/C26H22.4CH4O/c1-5-13-21(14-6-1)25(22-15-7-2-8-16-22)26(23-17-9-3-10-18-23)24-19-11-4-12-20-24;4*1-2/h1-20,25-26H;4*2H,1H3. The fourth-order valence-electron chi connectivity index (χ4n) is 3.80. The Morgan fingerprint density at radius 2 is 0.441 bits per heavy atom. The Bertz CT molecular complexity index is 770. The number of benzene rings is 4. The van der Waals surface area contributed by atoms with Gasteiger partial charge in [0.2, 0.25) is 0 Å². The summed E-state index contributed by atoms with van der Waals surface area (Å²) in [5.74, 6) is 0.532. The zero-order chi connectivity index (χ0) is 25.6. The quantitative estimate of drug-likeness (QED) is 0.333. The summed E-state index contributed by atoms with van der Waals surface area (Å²) in [6.45, 7) is 0. The fraction of sp³-hybridized carbons (Fsp3) is 0.200. The summed E-state index contributed by atoms with van der Waals surface area (Å²) in [6.07, 6.45) is 0. The van der Waals surface area contributed by atoms with Crippen molar-refractivity contribution in [2.45, 2.75) is 11.8 Å². The van der Waals surface area contributed by atoms with Crippen LogP contribution in [0.1, 0.15) is 34.1 Å². The molecule has 4 aromatic rings. The number of aliphatic hydroxyl groups excluding tert-OH is 4. The van der Waals surface area contributed by atoms with Gasteiger partial charge in [0.05, 0.1) is 0 Å². The highest BCUT2D eigenvalue weighted by Crippen LogP contribution is 2.42. The lowest BCUT2D eigenvalue weighted by molar-refractivity contribution is 0.399. The Morgan fingerprint density at radius 3 is 0.588 bits per heavy atom. The van der Waals surface area contributed by atoms with Gasteiger partial charge in [-0.1, -0.05) is 121 Å². The van der Waals surface area contributed by atoms with Crippen LogP contribution in [0, 0.1) is 0 Å². The molecule has 4 nitrogen and oxygen atoms in total. The largest absolute Gasteiger partial charge is 0.400 e. The molecule has 0 aliphatic carbocycles. The van der Waals surface area contributed by atoms with Gasteiger partial charge in [0.25, 0.3) is 0 Å². The molecule has 0 amide bonds. The van der Waals surface area contributed by atoms with Crippen molar-refractivity contribution < 1.29 is 20.4 Å². The Morgan fingerprint density at radius 1 is 0.294 bits per heavy atom. The molecule has 0 spiro atoms. The van der Waals surface area contributed by atoms with Crippen LogP contribution in [0.25, 0.3) is 0 Å². The summed E-state index contributed by atoms with van der Waals surface area (Å²) >= 11 is 0. The van der Waals surface area contributed by atoms with Gasteiger partial charge in [-0.25, -0.2) is 0 Å².